The van der Waals surface area contributed by atoms with E-state index in [-0.39, 0.29) is 18.5 Å². The third kappa shape index (κ3) is 5.47. The van der Waals surface area contributed by atoms with Crippen LogP contribution in [0.3, 0.4) is 0 Å². The normalized spacial score (nSPS) is 12.5. The van der Waals surface area contributed by atoms with E-state index in [0.717, 1.165) is 22.5 Å². The fraction of sp³-hybridized carbons (Fsp3) is 0.350. The molecule has 0 saturated carbocycles. The maximum Gasteiger partial charge on any atom is 0.241 e. The Balaban J connectivity index is 2.17. The molecule has 1 N–H and O–H groups in total. The predicted molar refractivity (Wildman–Crippen MR) is 111 cm³/mol. The van der Waals surface area contributed by atoms with Crippen molar-refractivity contribution in [1.82, 2.24) is 5.32 Å². The molecule has 0 aliphatic heterocycles. The SMILES string of the molecule is CCc1ccc([C@H](C)NC(=O)CN(c2cccc(Cl)c2C)S(C)(=O)=O)cc1. The third-order valence-corrected chi connectivity index (χ3v) is 6.00. The first kappa shape index (κ1) is 21.3. The van der Waals surface area contributed by atoms with Gasteiger partial charge in [0.15, 0.2) is 0 Å². The number of halogens is 1. The number of carbonyl (C=O) groups is 1. The van der Waals surface area contributed by atoms with Crippen LogP contribution in [0.1, 0.15) is 36.6 Å². The van der Waals surface area contributed by atoms with Crippen LogP contribution in [0.2, 0.25) is 5.02 Å². The molecule has 5 nitrogen and oxygen atoms in total. The molecule has 0 spiro atoms. The van der Waals surface area contributed by atoms with Crippen LogP contribution in [0.25, 0.3) is 0 Å². The number of nitrogens with one attached hydrogen (secondary N) is 1. The number of benzene rings is 2. The number of carbonyl (C=O) groups excluding carboxylic acids is 1. The molecule has 0 heterocycles. The van der Waals surface area contributed by atoms with Gasteiger partial charge in [0, 0.05) is 5.02 Å². The fourth-order valence-corrected chi connectivity index (χ4v) is 3.87. The number of hydrogen-bond donors (Lipinski definition) is 1. The van der Waals surface area contributed by atoms with Crippen LogP contribution in [0.4, 0.5) is 5.69 Å². The van der Waals surface area contributed by atoms with Gasteiger partial charge in [0.05, 0.1) is 18.0 Å². The Labute approximate surface area is 166 Å². The minimum absolute atomic E-state index is 0.231. The fourth-order valence-electron chi connectivity index (χ4n) is 2.79. The zero-order chi connectivity index (χ0) is 20.2. The number of aryl methyl sites for hydroxylation is 1. The second kappa shape index (κ2) is 8.76. The summed E-state index contributed by atoms with van der Waals surface area (Å²) in [6, 6.07) is 12.7. The first-order chi connectivity index (χ1) is 12.6. The summed E-state index contributed by atoms with van der Waals surface area (Å²) >= 11 is 6.11. The molecule has 2 aromatic carbocycles. The highest BCUT2D eigenvalue weighted by molar-refractivity contribution is 7.92. The van der Waals surface area contributed by atoms with Gasteiger partial charge in [0.2, 0.25) is 15.9 Å². The molecule has 27 heavy (non-hydrogen) atoms. The molecule has 0 radical (unpaired) electrons. The largest absolute Gasteiger partial charge is 0.348 e. The molecule has 1 amide bonds. The summed E-state index contributed by atoms with van der Waals surface area (Å²) in [5.74, 6) is -0.383. The molecule has 0 aliphatic carbocycles. The van der Waals surface area contributed by atoms with E-state index in [0.29, 0.717) is 16.3 Å². The Morgan fingerprint density at radius 3 is 2.37 bits per heavy atom. The second-order valence-corrected chi connectivity index (χ2v) is 8.85. The summed E-state index contributed by atoms with van der Waals surface area (Å²) in [6.07, 6.45) is 2.02. The van der Waals surface area contributed by atoms with E-state index < -0.39 is 10.0 Å². The zero-order valence-corrected chi connectivity index (χ0v) is 17.6. The molecular formula is C20H25ClN2O3S. The van der Waals surface area contributed by atoms with Gasteiger partial charge in [-0.15, -0.1) is 0 Å². The Morgan fingerprint density at radius 2 is 1.81 bits per heavy atom. The number of nitrogens with zero attached hydrogens (tertiary/aromatic N) is 1. The van der Waals surface area contributed by atoms with Crippen LogP contribution in [-0.4, -0.2) is 27.1 Å². The summed E-state index contributed by atoms with van der Waals surface area (Å²) in [5.41, 5.74) is 3.20. The zero-order valence-electron chi connectivity index (χ0n) is 16.0. The number of anilines is 1. The third-order valence-electron chi connectivity index (χ3n) is 4.46. The van der Waals surface area contributed by atoms with Gasteiger partial charge >= 0.3 is 0 Å². The van der Waals surface area contributed by atoms with Crippen LogP contribution < -0.4 is 9.62 Å². The lowest BCUT2D eigenvalue weighted by Gasteiger charge is -2.25. The van der Waals surface area contributed by atoms with Crippen molar-refractivity contribution in [1.29, 1.82) is 0 Å². The molecule has 0 aliphatic rings. The number of amides is 1. The van der Waals surface area contributed by atoms with Crippen molar-refractivity contribution in [2.45, 2.75) is 33.2 Å². The average Bonchev–Trinajstić information content (AvgIpc) is 2.61. The van der Waals surface area contributed by atoms with E-state index in [4.69, 9.17) is 11.6 Å². The lowest BCUT2D eigenvalue weighted by atomic mass is 10.1. The summed E-state index contributed by atoms with van der Waals surface area (Å²) in [7, 11) is -3.65. The van der Waals surface area contributed by atoms with Gasteiger partial charge in [-0.3, -0.25) is 9.10 Å². The van der Waals surface area contributed by atoms with Crippen LogP contribution in [0.15, 0.2) is 42.5 Å². The smallest absolute Gasteiger partial charge is 0.241 e. The number of sulfonamides is 1. The molecule has 1 atom stereocenters. The van der Waals surface area contributed by atoms with Gasteiger partial charge in [-0.1, -0.05) is 48.9 Å². The van der Waals surface area contributed by atoms with Gasteiger partial charge in [-0.2, -0.15) is 0 Å². The van der Waals surface area contributed by atoms with E-state index in [9.17, 15) is 13.2 Å². The molecule has 0 fully saturated rings. The first-order valence-electron chi connectivity index (χ1n) is 8.74. The van der Waals surface area contributed by atoms with Crippen molar-refractivity contribution < 1.29 is 13.2 Å². The molecule has 0 aromatic heterocycles. The van der Waals surface area contributed by atoms with Gasteiger partial charge in [-0.25, -0.2) is 8.42 Å². The van der Waals surface area contributed by atoms with Gasteiger partial charge in [0.25, 0.3) is 0 Å². The van der Waals surface area contributed by atoms with Crippen molar-refractivity contribution >= 4 is 33.2 Å². The first-order valence-corrected chi connectivity index (χ1v) is 11.0. The molecule has 0 unspecified atom stereocenters. The molecule has 2 aromatic rings. The topological polar surface area (TPSA) is 66.5 Å². The van der Waals surface area contributed by atoms with Gasteiger partial charge in [0.1, 0.15) is 6.54 Å². The highest BCUT2D eigenvalue weighted by Crippen LogP contribution is 2.28. The van der Waals surface area contributed by atoms with Crippen LogP contribution in [0, 0.1) is 6.92 Å². The van der Waals surface area contributed by atoms with Crippen molar-refractivity contribution in [3.63, 3.8) is 0 Å². The molecule has 2 rings (SSSR count). The van der Waals surface area contributed by atoms with E-state index in [2.05, 4.69) is 12.2 Å². The monoisotopic (exact) mass is 408 g/mol. The Hall–Kier alpha value is -2.05. The number of rotatable bonds is 7. The van der Waals surface area contributed by atoms with Crippen LogP contribution in [0.5, 0.6) is 0 Å². The summed E-state index contributed by atoms with van der Waals surface area (Å²) in [4.78, 5) is 12.5. The molecule has 7 heteroatoms. The van der Waals surface area contributed by atoms with Crippen LogP contribution >= 0.6 is 11.6 Å². The molecule has 146 valence electrons. The second-order valence-electron chi connectivity index (χ2n) is 6.54. The average molecular weight is 409 g/mol. The number of hydrogen-bond acceptors (Lipinski definition) is 3. The maximum absolute atomic E-state index is 12.5. The van der Waals surface area contributed by atoms with Crippen molar-refractivity contribution in [3.05, 3.63) is 64.2 Å². The molecule has 0 saturated heterocycles. The van der Waals surface area contributed by atoms with E-state index in [1.54, 1.807) is 25.1 Å². The maximum atomic E-state index is 12.5. The van der Waals surface area contributed by atoms with E-state index in [1.165, 1.54) is 5.56 Å². The van der Waals surface area contributed by atoms with Gasteiger partial charge < -0.3 is 5.32 Å². The predicted octanol–water partition coefficient (Wildman–Crippen LogP) is 3.85. The van der Waals surface area contributed by atoms with Gasteiger partial charge in [-0.05, 0) is 49.1 Å². The van der Waals surface area contributed by atoms with E-state index >= 15 is 0 Å². The van der Waals surface area contributed by atoms with Crippen molar-refractivity contribution in [2.75, 3.05) is 17.1 Å². The Morgan fingerprint density at radius 1 is 1.19 bits per heavy atom. The lowest BCUT2D eigenvalue weighted by molar-refractivity contribution is -0.120. The molecule has 0 bridgehead atoms. The summed E-state index contributed by atoms with van der Waals surface area (Å²) < 4.78 is 25.6. The Bertz CT molecular complexity index is 911. The highest BCUT2D eigenvalue weighted by atomic mass is 35.5. The standard InChI is InChI=1S/C20H25ClN2O3S/c1-5-16-9-11-17(12-10-16)15(3)22-20(24)13-23(27(4,25)26)19-8-6-7-18(21)14(19)2/h6-12,15H,5,13H2,1-4H3,(H,22,24)/t15-/m0/s1. The molecular weight excluding hydrogens is 384 g/mol. The summed E-state index contributed by atoms with van der Waals surface area (Å²) in [5, 5.41) is 3.31. The highest BCUT2D eigenvalue weighted by Gasteiger charge is 2.23. The summed E-state index contributed by atoms with van der Waals surface area (Å²) in [6.45, 7) is 5.37. The van der Waals surface area contributed by atoms with Crippen LogP contribution in [-0.2, 0) is 21.2 Å². The lowest BCUT2D eigenvalue weighted by Crippen LogP contribution is -2.41. The minimum atomic E-state index is -3.65. The van der Waals surface area contributed by atoms with E-state index in [1.807, 2.05) is 31.2 Å². The quantitative estimate of drug-likeness (QED) is 0.756. The van der Waals surface area contributed by atoms with Crippen molar-refractivity contribution in [3.8, 4) is 0 Å². The Kier molecular flexibility index (Phi) is 6.89. The van der Waals surface area contributed by atoms with Crippen molar-refractivity contribution in [2.24, 2.45) is 0 Å². The minimum Gasteiger partial charge on any atom is -0.348 e.